The summed E-state index contributed by atoms with van der Waals surface area (Å²) in [5.41, 5.74) is -2.22. The van der Waals surface area contributed by atoms with E-state index in [1.807, 2.05) is 0 Å². The van der Waals surface area contributed by atoms with Crippen molar-refractivity contribution in [3.8, 4) is 0 Å². The Kier molecular flexibility index (Phi) is 9.35. The second-order valence-electron chi connectivity index (χ2n) is 10.8. The Hall–Kier alpha value is -1.61. The van der Waals surface area contributed by atoms with Gasteiger partial charge in [-0.2, -0.15) is 13.2 Å². The molecule has 0 radical (unpaired) electrons. The number of halogens is 8. The van der Waals surface area contributed by atoms with E-state index in [4.69, 9.17) is 39.5 Å². The summed E-state index contributed by atoms with van der Waals surface area (Å²) in [6.07, 6.45) is -2.63. The monoisotopic (exact) mass is 681 g/mol. The number of hydrogen-bond acceptors (Lipinski definition) is 3. The number of nitrogens with zero attached hydrogens (tertiary/aromatic N) is 1. The quantitative estimate of drug-likeness (QED) is 0.132. The third kappa shape index (κ3) is 5.83. The van der Waals surface area contributed by atoms with Gasteiger partial charge in [0.15, 0.2) is 0 Å². The lowest BCUT2D eigenvalue weighted by Gasteiger charge is -2.38. The van der Waals surface area contributed by atoms with Gasteiger partial charge in [0.2, 0.25) is 0 Å². The number of allylic oxidation sites excluding steroid dienone is 1. The van der Waals surface area contributed by atoms with Gasteiger partial charge in [0.1, 0.15) is 17.2 Å². The summed E-state index contributed by atoms with van der Waals surface area (Å²) in [7, 11) is 0. The number of alkyl halides is 3. The van der Waals surface area contributed by atoms with Crippen LogP contribution in [0.25, 0.3) is 0 Å². The first-order valence-corrected chi connectivity index (χ1v) is 14.6. The van der Waals surface area contributed by atoms with Crippen LogP contribution >= 0.6 is 50.7 Å². The predicted molar refractivity (Wildman–Crippen MR) is 154 cm³/mol. The van der Waals surface area contributed by atoms with E-state index in [1.165, 1.54) is 12.1 Å². The maximum absolute atomic E-state index is 15.2. The van der Waals surface area contributed by atoms with Gasteiger partial charge in [-0.15, -0.1) is 0 Å². The van der Waals surface area contributed by atoms with Crippen LogP contribution in [0, 0.1) is 29.5 Å². The molecule has 0 saturated heterocycles. The molecule has 0 bridgehead atoms. The van der Waals surface area contributed by atoms with Crippen LogP contribution in [0.2, 0.25) is 15.1 Å². The van der Waals surface area contributed by atoms with Gasteiger partial charge >= 0.3 is 12.1 Å². The number of ether oxygens (including phenoxy) is 1. The van der Waals surface area contributed by atoms with Crippen LogP contribution in [0.5, 0.6) is 0 Å². The topological polar surface area (TPSA) is 38.7 Å². The van der Waals surface area contributed by atoms with Gasteiger partial charge in [-0.05, 0) is 88.3 Å². The summed E-state index contributed by atoms with van der Waals surface area (Å²) >= 11 is 21.4. The average molecular weight is 684 g/mol. The van der Waals surface area contributed by atoms with E-state index in [9.17, 15) is 9.18 Å². The number of benzene rings is 2. The van der Waals surface area contributed by atoms with Gasteiger partial charge in [-0.3, -0.25) is 9.79 Å². The van der Waals surface area contributed by atoms with Crippen LogP contribution in [0.4, 0.5) is 17.6 Å². The maximum atomic E-state index is 15.2. The molecular weight excluding hydrogens is 657 g/mol. The lowest BCUT2D eigenvalue weighted by Crippen LogP contribution is -2.53. The van der Waals surface area contributed by atoms with Gasteiger partial charge in [0.25, 0.3) is 0 Å². The van der Waals surface area contributed by atoms with Crippen molar-refractivity contribution in [1.82, 2.24) is 0 Å². The molecule has 4 atom stereocenters. The van der Waals surface area contributed by atoms with Crippen molar-refractivity contribution in [1.29, 1.82) is 0 Å². The first kappa shape index (κ1) is 31.3. The van der Waals surface area contributed by atoms with E-state index >= 15 is 13.2 Å². The van der Waals surface area contributed by atoms with Crippen molar-refractivity contribution in [3.63, 3.8) is 0 Å². The summed E-state index contributed by atoms with van der Waals surface area (Å²) in [5.74, 6) is -3.17. The molecule has 2 unspecified atom stereocenters. The molecule has 40 heavy (non-hydrogen) atoms. The number of hydrogen-bond donors (Lipinski definition) is 0. The number of aliphatic imine (C=N–C) groups is 1. The molecule has 2 aromatic rings. The minimum atomic E-state index is -4.99. The molecule has 2 aromatic carbocycles. The van der Waals surface area contributed by atoms with E-state index in [0.717, 1.165) is 36.6 Å². The summed E-state index contributed by atoms with van der Waals surface area (Å²) in [6, 6.07) is 5.79. The van der Waals surface area contributed by atoms with Gasteiger partial charge in [0.05, 0.1) is 38.4 Å². The summed E-state index contributed by atoms with van der Waals surface area (Å²) in [5, 5.41) is -0.501. The molecule has 0 N–H and O–H groups in total. The Balaban J connectivity index is 1.81. The fourth-order valence-electron chi connectivity index (χ4n) is 5.90. The summed E-state index contributed by atoms with van der Waals surface area (Å²) in [6.45, 7) is 7.33. The fourth-order valence-corrected chi connectivity index (χ4v) is 6.88. The third-order valence-electron chi connectivity index (χ3n) is 8.00. The molecule has 1 saturated carbocycles. The smallest absolute Gasteiger partial charge is 0.401 e. The van der Waals surface area contributed by atoms with Crippen LogP contribution in [-0.2, 0) is 14.9 Å². The molecule has 0 aromatic heterocycles. The van der Waals surface area contributed by atoms with Crippen LogP contribution in [0.3, 0.4) is 0 Å². The van der Waals surface area contributed by atoms with Gasteiger partial charge in [0, 0.05) is 0 Å². The van der Waals surface area contributed by atoms with Gasteiger partial charge in [-0.25, -0.2) is 4.39 Å². The van der Waals surface area contributed by atoms with Gasteiger partial charge < -0.3 is 4.74 Å². The molecule has 11 heteroatoms. The normalized spacial score (nSPS) is 25.3. The van der Waals surface area contributed by atoms with Crippen molar-refractivity contribution in [2.75, 3.05) is 13.2 Å². The zero-order valence-corrected chi connectivity index (χ0v) is 25.6. The zero-order valence-electron chi connectivity index (χ0n) is 21.7. The minimum Gasteiger partial charge on any atom is -0.465 e. The van der Waals surface area contributed by atoms with E-state index in [2.05, 4.69) is 41.3 Å². The van der Waals surface area contributed by atoms with Crippen molar-refractivity contribution in [2.24, 2.45) is 28.7 Å². The van der Waals surface area contributed by atoms with Crippen molar-refractivity contribution in [2.45, 2.75) is 44.7 Å². The molecular formula is C29H27BrCl3F4NO2. The standard InChI is InChI=1S/C29H27BrCl3F4NO2/c1-14(2)19-6-4-15(3)8-17(19)12-40-27(39)24-26(16-5-7-23(34)20(30)9-16)38-13-28(24,29(35,36)37)18-10-21(31)25(33)22(32)11-18/h5,7,9-11,14,17,19,24H,3-4,6,8,12-13H2,1-2H3/t17-,19-,24?,28?/m0/s1. The number of carbonyl (C=O) groups excluding carboxylic acids is 1. The summed E-state index contributed by atoms with van der Waals surface area (Å²) < 4.78 is 65.5. The highest BCUT2D eigenvalue weighted by Crippen LogP contribution is 2.53. The van der Waals surface area contributed by atoms with Crippen LogP contribution in [0.15, 0.2) is 51.9 Å². The molecule has 1 aliphatic heterocycles. The first-order chi connectivity index (χ1) is 18.7. The van der Waals surface area contributed by atoms with Crippen molar-refractivity contribution >= 4 is 62.4 Å². The molecule has 216 valence electrons. The van der Waals surface area contributed by atoms with E-state index in [-0.39, 0.29) is 54.8 Å². The third-order valence-corrected chi connectivity index (χ3v) is 9.81. The number of rotatable bonds is 6. The number of esters is 1. The van der Waals surface area contributed by atoms with E-state index in [1.54, 1.807) is 0 Å². The molecule has 2 aliphatic rings. The number of carbonyl (C=O) groups is 1. The lowest BCUT2D eigenvalue weighted by molar-refractivity contribution is -0.202. The average Bonchev–Trinajstić information content (AvgIpc) is 3.29. The van der Waals surface area contributed by atoms with Crippen molar-refractivity contribution in [3.05, 3.63) is 79.0 Å². The Morgan fingerprint density at radius 3 is 2.42 bits per heavy atom. The zero-order chi connectivity index (χ0) is 29.6. The van der Waals surface area contributed by atoms with Gasteiger partial charge in [-0.1, -0.05) is 66.9 Å². The molecule has 0 spiro atoms. The molecule has 0 amide bonds. The summed E-state index contributed by atoms with van der Waals surface area (Å²) in [4.78, 5) is 18.1. The minimum absolute atomic E-state index is 0.0161. The van der Waals surface area contributed by atoms with Crippen LogP contribution in [0.1, 0.15) is 44.2 Å². The van der Waals surface area contributed by atoms with Crippen molar-refractivity contribution < 1.29 is 27.1 Å². The Bertz CT molecular complexity index is 1340. The Labute approximate surface area is 254 Å². The second-order valence-corrected chi connectivity index (χ2v) is 12.8. The Morgan fingerprint density at radius 1 is 1.20 bits per heavy atom. The molecule has 3 nitrogen and oxygen atoms in total. The van der Waals surface area contributed by atoms with E-state index in [0.29, 0.717) is 12.3 Å². The molecule has 4 rings (SSSR count). The maximum Gasteiger partial charge on any atom is 0.401 e. The van der Waals surface area contributed by atoms with Crippen LogP contribution in [-0.4, -0.2) is 31.0 Å². The fraction of sp³-hybridized carbons (Fsp3) is 0.448. The largest absolute Gasteiger partial charge is 0.465 e. The molecule has 1 aliphatic carbocycles. The lowest BCUT2D eigenvalue weighted by atomic mass is 9.68. The highest BCUT2D eigenvalue weighted by Gasteiger charge is 2.67. The highest BCUT2D eigenvalue weighted by molar-refractivity contribution is 9.10. The predicted octanol–water partition coefficient (Wildman–Crippen LogP) is 9.64. The molecule has 1 heterocycles. The SMILES string of the molecule is C=C1CC[C@@H](C(C)C)[C@H](COC(=O)C2C(c3ccc(F)c(Br)c3)=NCC2(c2cc(Cl)c(Cl)c(Cl)c2)C(F)(F)F)C1. The molecule has 1 fully saturated rings. The van der Waals surface area contributed by atoms with Crippen LogP contribution < -0.4 is 0 Å². The first-order valence-electron chi connectivity index (χ1n) is 12.7. The highest BCUT2D eigenvalue weighted by atomic mass is 79.9. The second kappa shape index (κ2) is 11.9. The van der Waals surface area contributed by atoms with E-state index < -0.39 is 35.8 Å². The Morgan fingerprint density at radius 2 is 1.85 bits per heavy atom.